The fraction of sp³-hybridized carbons (Fsp3) is 0.583. The molecule has 0 atom stereocenters. The predicted molar refractivity (Wildman–Crippen MR) is 120 cm³/mol. The molecule has 3 rings (SSSR count). The minimum atomic E-state index is 0.0733. The molecule has 0 saturated carbocycles. The van der Waals surface area contributed by atoms with E-state index in [1.165, 1.54) is 21.9 Å². The van der Waals surface area contributed by atoms with Gasteiger partial charge >= 0.3 is 0 Å². The first-order valence-corrected chi connectivity index (χ1v) is 11.5. The zero-order valence-corrected chi connectivity index (χ0v) is 18.9. The number of allylic oxidation sites excluding steroid dienone is 2. The van der Waals surface area contributed by atoms with Gasteiger partial charge in [0.15, 0.2) is 13.1 Å². The van der Waals surface area contributed by atoms with E-state index in [1.54, 1.807) is 0 Å². The maximum atomic E-state index is 12.9. The van der Waals surface area contributed by atoms with Crippen LogP contribution in [0.4, 0.5) is 5.69 Å². The molecule has 6 nitrogen and oxygen atoms in total. The number of carbonyl (C=O) groups is 2. The van der Waals surface area contributed by atoms with E-state index < -0.39 is 0 Å². The molecule has 2 amide bonds. The summed E-state index contributed by atoms with van der Waals surface area (Å²) in [5, 5.41) is 3.10. The lowest BCUT2D eigenvalue weighted by atomic mass is 10.1. The molecular formula is C24H38N4O2+2. The van der Waals surface area contributed by atoms with Gasteiger partial charge in [-0.05, 0) is 50.7 Å². The van der Waals surface area contributed by atoms with E-state index in [1.807, 2.05) is 36.9 Å². The molecule has 30 heavy (non-hydrogen) atoms. The molecule has 0 aromatic heterocycles. The minimum Gasteiger partial charge on any atom is -0.321 e. The van der Waals surface area contributed by atoms with Crippen LogP contribution in [0.15, 0.2) is 30.0 Å². The second-order valence-electron chi connectivity index (χ2n) is 8.80. The second-order valence-corrected chi connectivity index (χ2v) is 8.80. The van der Waals surface area contributed by atoms with Crippen LogP contribution in [0.5, 0.6) is 0 Å². The number of quaternary nitrogens is 2. The summed E-state index contributed by atoms with van der Waals surface area (Å²) in [5.41, 5.74) is 4.36. The maximum absolute atomic E-state index is 12.9. The zero-order chi connectivity index (χ0) is 21.5. The van der Waals surface area contributed by atoms with Crippen molar-refractivity contribution in [3.8, 4) is 0 Å². The highest BCUT2D eigenvalue weighted by atomic mass is 16.2. The van der Waals surface area contributed by atoms with Crippen LogP contribution in [-0.4, -0.2) is 62.5 Å². The number of nitrogens with one attached hydrogen (secondary N) is 3. The van der Waals surface area contributed by atoms with Crippen molar-refractivity contribution in [3.05, 3.63) is 41.1 Å². The van der Waals surface area contributed by atoms with Gasteiger partial charge in [-0.15, -0.1) is 0 Å². The van der Waals surface area contributed by atoms with E-state index >= 15 is 0 Å². The monoisotopic (exact) mass is 414 g/mol. The molecule has 1 aliphatic carbocycles. The first-order chi connectivity index (χ1) is 14.5. The van der Waals surface area contributed by atoms with Crippen LogP contribution in [0.2, 0.25) is 0 Å². The van der Waals surface area contributed by atoms with E-state index in [2.05, 4.69) is 18.3 Å². The number of para-hydroxylation sites is 1. The Hall–Kier alpha value is -2.18. The van der Waals surface area contributed by atoms with Crippen LogP contribution in [0.25, 0.3) is 0 Å². The topological polar surface area (TPSA) is 58.3 Å². The molecular weight excluding hydrogens is 376 g/mol. The van der Waals surface area contributed by atoms with Gasteiger partial charge in [-0.25, -0.2) is 0 Å². The number of nitrogens with zero attached hydrogens (tertiary/aromatic N) is 1. The Morgan fingerprint density at radius 2 is 1.67 bits per heavy atom. The van der Waals surface area contributed by atoms with Gasteiger partial charge in [0, 0.05) is 17.9 Å². The van der Waals surface area contributed by atoms with Crippen molar-refractivity contribution in [2.24, 2.45) is 0 Å². The number of amides is 2. The Kier molecular flexibility index (Phi) is 8.05. The van der Waals surface area contributed by atoms with E-state index in [9.17, 15) is 9.59 Å². The van der Waals surface area contributed by atoms with Gasteiger partial charge in [-0.2, -0.15) is 0 Å². The van der Waals surface area contributed by atoms with Crippen LogP contribution in [0.1, 0.15) is 43.7 Å². The fourth-order valence-corrected chi connectivity index (χ4v) is 4.59. The smallest absolute Gasteiger partial charge is 0.281 e. The SMILES string of the molecule is CCCN(C(=O)C[NH+]1CC[NH+](CC(=O)Nc2c(C)cccc2C)CC1)C1=CCCC1. The fourth-order valence-electron chi connectivity index (χ4n) is 4.59. The first kappa shape index (κ1) is 22.5. The molecule has 164 valence electrons. The Labute approximate surface area is 180 Å². The van der Waals surface area contributed by atoms with Crippen molar-refractivity contribution in [1.82, 2.24) is 4.90 Å². The molecule has 0 radical (unpaired) electrons. The van der Waals surface area contributed by atoms with Crippen molar-refractivity contribution in [2.75, 3.05) is 51.1 Å². The van der Waals surface area contributed by atoms with Gasteiger partial charge in [0.25, 0.3) is 11.8 Å². The average molecular weight is 415 g/mol. The molecule has 0 spiro atoms. The van der Waals surface area contributed by atoms with E-state index in [0.29, 0.717) is 13.1 Å². The molecule has 1 aliphatic heterocycles. The van der Waals surface area contributed by atoms with Gasteiger partial charge in [-0.3, -0.25) is 9.59 Å². The summed E-state index contributed by atoms with van der Waals surface area (Å²) in [6, 6.07) is 6.07. The van der Waals surface area contributed by atoms with E-state index in [-0.39, 0.29) is 11.8 Å². The minimum absolute atomic E-state index is 0.0733. The van der Waals surface area contributed by atoms with Gasteiger partial charge in [-0.1, -0.05) is 31.2 Å². The molecule has 1 fully saturated rings. The number of anilines is 1. The number of hydrogen-bond donors (Lipinski definition) is 3. The van der Waals surface area contributed by atoms with Gasteiger partial charge in [0.2, 0.25) is 0 Å². The molecule has 3 N–H and O–H groups in total. The third kappa shape index (κ3) is 5.92. The molecule has 1 saturated heterocycles. The van der Waals surface area contributed by atoms with Crippen LogP contribution in [-0.2, 0) is 9.59 Å². The summed E-state index contributed by atoms with van der Waals surface area (Å²) < 4.78 is 0. The van der Waals surface area contributed by atoms with Crippen LogP contribution < -0.4 is 15.1 Å². The van der Waals surface area contributed by atoms with Gasteiger partial charge < -0.3 is 20.0 Å². The quantitative estimate of drug-likeness (QED) is 0.574. The lowest BCUT2D eigenvalue weighted by molar-refractivity contribution is -1.00. The molecule has 0 unspecified atom stereocenters. The first-order valence-electron chi connectivity index (χ1n) is 11.5. The highest BCUT2D eigenvalue weighted by molar-refractivity contribution is 5.93. The Morgan fingerprint density at radius 1 is 1.03 bits per heavy atom. The number of benzene rings is 1. The van der Waals surface area contributed by atoms with Crippen LogP contribution >= 0.6 is 0 Å². The van der Waals surface area contributed by atoms with Crippen molar-refractivity contribution in [3.63, 3.8) is 0 Å². The Balaban J connectivity index is 1.45. The number of hydrogen-bond acceptors (Lipinski definition) is 2. The Morgan fingerprint density at radius 3 is 2.23 bits per heavy atom. The molecule has 6 heteroatoms. The van der Waals surface area contributed by atoms with Crippen LogP contribution in [0.3, 0.4) is 0 Å². The zero-order valence-electron chi connectivity index (χ0n) is 18.9. The number of carbonyl (C=O) groups excluding carboxylic acids is 2. The van der Waals surface area contributed by atoms with Crippen LogP contribution in [0, 0.1) is 13.8 Å². The third-order valence-electron chi connectivity index (χ3n) is 6.33. The van der Waals surface area contributed by atoms with Crippen molar-refractivity contribution < 1.29 is 19.4 Å². The standard InChI is InChI=1S/C24H36N4O2/c1-4-12-28(21-10-5-6-11-21)23(30)18-27-15-13-26(14-16-27)17-22(29)25-24-19(2)8-7-9-20(24)3/h7-10H,4-6,11-18H2,1-3H3,(H,25,29)/p+2. The molecule has 1 aromatic rings. The molecule has 2 aliphatic rings. The third-order valence-corrected chi connectivity index (χ3v) is 6.33. The lowest BCUT2D eigenvalue weighted by Gasteiger charge is -2.31. The summed E-state index contributed by atoms with van der Waals surface area (Å²) in [7, 11) is 0. The number of rotatable bonds is 8. The molecule has 1 aromatic carbocycles. The Bertz CT molecular complexity index is 761. The molecule has 0 bridgehead atoms. The van der Waals surface area contributed by atoms with Crippen molar-refractivity contribution in [1.29, 1.82) is 0 Å². The lowest BCUT2D eigenvalue weighted by Crippen LogP contribution is -3.28. The number of aryl methyl sites for hydroxylation is 2. The second kappa shape index (κ2) is 10.7. The van der Waals surface area contributed by atoms with Gasteiger partial charge in [0.1, 0.15) is 26.2 Å². The maximum Gasteiger partial charge on any atom is 0.281 e. The van der Waals surface area contributed by atoms with E-state index in [0.717, 1.165) is 68.8 Å². The highest BCUT2D eigenvalue weighted by Crippen LogP contribution is 2.21. The normalized spacial score (nSPS) is 21.2. The number of piperazine rings is 1. The average Bonchev–Trinajstić information content (AvgIpc) is 3.25. The predicted octanol–water partition coefficient (Wildman–Crippen LogP) is 0.332. The summed E-state index contributed by atoms with van der Waals surface area (Å²) in [6.07, 6.45) is 6.53. The summed E-state index contributed by atoms with van der Waals surface area (Å²) >= 11 is 0. The summed E-state index contributed by atoms with van der Waals surface area (Å²) in [5.74, 6) is 0.334. The van der Waals surface area contributed by atoms with Crippen molar-refractivity contribution in [2.45, 2.75) is 46.5 Å². The van der Waals surface area contributed by atoms with Crippen molar-refractivity contribution >= 4 is 17.5 Å². The summed E-state index contributed by atoms with van der Waals surface area (Å²) in [4.78, 5) is 30.1. The van der Waals surface area contributed by atoms with Gasteiger partial charge in [0.05, 0.1) is 0 Å². The van der Waals surface area contributed by atoms with E-state index in [4.69, 9.17) is 0 Å². The largest absolute Gasteiger partial charge is 0.321 e. The molecule has 1 heterocycles. The summed E-state index contributed by atoms with van der Waals surface area (Å²) in [6.45, 7) is 11.8. The highest BCUT2D eigenvalue weighted by Gasteiger charge is 2.29.